The van der Waals surface area contributed by atoms with E-state index in [9.17, 15) is 4.79 Å². The number of ether oxygens (including phenoxy) is 3. The van der Waals surface area contributed by atoms with Crippen LogP contribution in [0.15, 0.2) is 35.7 Å². The molecule has 1 aromatic carbocycles. The van der Waals surface area contributed by atoms with Crippen molar-refractivity contribution in [3.63, 3.8) is 0 Å². The summed E-state index contributed by atoms with van der Waals surface area (Å²) in [5, 5.41) is 2.98. The Morgan fingerprint density at radius 2 is 2.06 bits per heavy atom. The summed E-state index contributed by atoms with van der Waals surface area (Å²) in [7, 11) is 3.95. The molecule has 2 aromatic heterocycles. The Morgan fingerprint density at radius 3 is 2.78 bits per heavy atom. The molecule has 0 N–H and O–H groups in total. The van der Waals surface area contributed by atoms with Crippen LogP contribution in [0.4, 0.5) is 5.82 Å². The number of fused-ring (bicyclic) bond motifs is 2. The van der Waals surface area contributed by atoms with Crippen molar-refractivity contribution in [1.82, 2.24) is 9.88 Å². The number of pyridine rings is 1. The number of nitrogens with zero attached hydrogens (tertiary/aromatic N) is 3. The van der Waals surface area contributed by atoms with E-state index < -0.39 is 0 Å². The first kappa shape index (κ1) is 21.0. The molecular weight excluding hydrogens is 426 g/mol. The maximum atomic E-state index is 13.3. The molecular formula is C24H27N3O4S. The molecule has 2 aliphatic rings. The molecule has 0 saturated carbocycles. The van der Waals surface area contributed by atoms with E-state index in [1.54, 1.807) is 11.3 Å². The lowest BCUT2D eigenvalue weighted by Gasteiger charge is -2.27. The van der Waals surface area contributed by atoms with Crippen molar-refractivity contribution in [2.45, 2.75) is 31.9 Å². The quantitative estimate of drug-likeness (QED) is 0.542. The van der Waals surface area contributed by atoms with E-state index in [1.165, 1.54) is 0 Å². The summed E-state index contributed by atoms with van der Waals surface area (Å²) < 4.78 is 16.9. The average molecular weight is 454 g/mol. The third-order valence-corrected chi connectivity index (χ3v) is 6.73. The molecule has 3 aromatic rings. The zero-order chi connectivity index (χ0) is 22.1. The number of thiophene rings is 1. The minimum absolute atomic E-state index is 0.0901. The molecule has 1 atom stereocenters. The molecule has 168 valence electrons. The van der Waals surface area contributed by atoms with Crippen molar-refractivity contribution in [2.75, 3.05) is 38.9 Å². The molecule has 0 spiro atoms. The van der Waals surface area contributed by atoms with Crippen LogP contribution >= 0.6 is 11.3 Å². The van der Waals surface area contributed by atoms with E-state index in [0.29, 0.717) is 25.3 Å². The fourth-order valence-electron chi connectivity index (χ4n) is 4.27. The lowest BCUT2D eigenvalue weighted by Crippen LogP contribution is -2.38. The number of carbonyl (C=O) groups is 1. The molecule has 5 rings (SSSR count). The maximum absolute atomic E-state index is 13.3. The summed E-state index contributed by atoms with van der Waals surface area (Å²) in [6, 6.07) is 9.99. The molecule has 1 fully saturated rings. The molecule has 7 nitrogen and oxygen atoms in total. The van der Waals surface area contributed by atoms with Crippen molar-refractivity contribution in [3.8, 4) is 11.5 Å². The number of amides is 1. The van der Waals surface area contributed by atoms with Gasteiger partial charge in [-0.15, -0.1) is 11.3 Å². The average Bonchev–Trinajstić information content (AvgIpc) is 3.54. The van der Waals surface area contributed by atoms with Crippen LogP contribution in [-0.4, -0.2) is 55.9 Å². The predicted molar refractivity (Wildman–Crippen MR) is 125 cm³/mol. The summed E-state index contributed by atoms with van der Waals surface area (Å²) in [6.45, 7) is 2.07. The van der Waals surface area contributed by atoms with Gasteiger partial charge in [0, 0.05) is 55.7 Å². The summed E-state index contributed by atoms with van der Waals surface area (Å²) >= 11 is 1.61. The van der Waals surface area contributed by atoms with Crippen molar-refractivity contribution in [3.05, 3.63) is 46.2 Å². The third-order valence-electron chi connectivity index (χ3n) is 5.86. The highest BCUT2D eigenvalue weighted by atomic mass is 32.1. The molecule has 8 heteroatoms. The van der Waals surface area contributed by atoms with Crippen molar-refractivity contribution < 1.29 is 19.0 Å². The molecule has 0 bridgehead atoms. The highest BCUT2D eigenvalue weighted by molar-refractivity contribution is 7.10. The van der Waals surface area contributed by atoms with Crippen LogP contribution in [0.1, 0.15) is 23.3 Å². The zero-order valence-corrected chi connectivity index (χ0v) is 19.2. The summed E-state index contributed by atoms with van der Waals surface area (Å²) in [5.41, 5.74) is 1.84. The van der Waals surface area contributed by atoms with Crippen molar-refractivity contribution in [1.29, 1.82) is 0 Å². The Morgan fingerprint density at radius 1 is 1.22 bits per heavy atom. The van der Waals surface area contributed by atoms with Gasteiger partial charge in [0.25, 0.3) is 0 Å². The maximum Gasteiger partial charge on any atom is 0.231 e. The predicted octanol–water partition coefficient (Wildman–Crippen LogP) is 3.84. The van der Waals surface area contributed by atoms with Crippen LogP contribution in [0.3, 0.4) is 0 Å². The van der Waals surface area contributed by atoms with Gasteiger partial charge in [0.15, 0.2) is 11.5 Å². The fraction of sp³-hybridized carbons (Fsp3) is 0.417. The van der Waals surface area contributed by atoms with Gasteiger partial charge >= 0.3 is 0 Å². The molecule has 32 heavy (non-hydrogen) atoms. The first-order valence-corrected chi connectivity index (χ1v) is 11.8. The minimum atomic E-state index is 0.0901. The van der Waals surface area contributed by atoms with E-state index in [2.05, 4.69) is 6.07 Å². The third kappa shape index (κ3) is 4.38. The van der Waals surface area contributed by atoms with E-state index in [1.807, 2.05) is 53.5 Å². The largest absolute Gasteiger partial charge is 0.454 e. The van der Waals surface area contributed by atoms with Crippen molar-refractivity contribution >= 4 is 34.0 Å². The van der Waals surface area contributed by atoms with Gasteiger partial charge in [-0.3, -0.25) is 4.79 Å². The lowest BCUT2D eigenvalue weighted by molar-refractivity contribution is -0.132. The first-order chi connectivity index (χ1) is 15.6. The molecule has 4 heterocycles. The van der Waals surface area contributed by atoms with Crippen LogP contribution in [0, 0.1) is 0 Å². The molecule has 1 amide bonds. The van der Waals surface area contributed by atoms with Crippen LogP contribution in [0.25, 0.3) is 10.9 Å². The normalized spacial score (nSPS) is 17.1. The minimum Gasteiger partial charge on any atom is -0.454 e. The highest BCUT2D eigenvalue weighted by Gasteiger charge is 2.25. The van der Waals surface area contributed by atoms with E-state index in [4.69, 9.17) is 19.2 Å². The number of benzene rings is 1. The smallest absolute Gasteiger partial charge is 0.231 e. The second kappa shape index (κ2) is 8.96. The summed E-state index contributed by atoms with van der Waals surface area (Å²) in [4.78, 5) is 23.2. The summed E-state index contributed by atoms with van der Waals surface area (Å²) in [6.07, 6.45) is 2.53. The topological polar surface area (TPSA) is 64.1 Å². The molecule has 1 saturated heterocycles. The van der Waals surface area contributed by atoms with Crippen molar-refractivity contribution in [2.24, 2.45) is 0 Å². The number of anilines is 1. The Labute approximate surface area is 191 Å². The van der Waals surface area contributed by atoms with E-state index in [-0.39, 0.29) is 18.8 Å². The second-order valence-corrected chi connectivity index (χ2v) is 9.46. The fourth-order valence-corrected chi connectivity index (χ4v) is 4.97. The van der Waals surface area contributed by atoms with Crippen LogP contribution in [0.2, 0.25) is 0 Å². The Kier molecular flexibility index (Phi) is 5.89. The van der Waals surface area contributed by atoms with Crippen LogP contribution < -0.4 is 14.4 Å². The lowest BCUT2D eigenvalue weighted by atomic mass is 10.1. The van der Waals surface area contributed by atoms with Gasteiger partial charge in [-0.05, 0) is 36.4 Å². The zero-order valence-electron chi connectivity index (χ0n) is 18.4. The highest BCUT2D eigenvalue weighted by Crippen LogP contribution is 2.37. The Hall–Kier alpha value is -2.84. The van der Waals surface area contributed by atoms with E-state index >= 15 is 0 Å². The number of hydrogen-bond donors (Lipinski definition) is 0. The molecule has 0 unspecified atom stereocenters. The summed E-state index contributed by atoms with van der Waals surface area (Å²) in [5.74, 6) is 2.40. The second-order valence-electron chi connectivity index (χ2n) is 8.43. The van der Waals surface area contributed by atoms with Gasteiger partial charge in [-0.2, -0.15) is 0 Å². The van der Waals surface area contributed by atoms with E-state index in [0.717, 1.165) is 52.4 Å². The van der Waals surface area contributed by atoms with Gasteiger partial charge in [0.2, 0.25) is 12.7 Å². The monoisotopic (exact) mass is 453 g/mol. The van der Waals surface area contributed by atoms with Gasteiger partial charge in [-0.25, -0.2) is 4.98 Å². The number of hydrogen-bond acceptors (Lipinski definition) is 7. The first-order valence-electron chi connectivity index (χ1n) is 10.9. The molecule has 0 radical (unpaired) electrons. The number of rotatable bonds is 7. The van der Waals surface area contributed by atoms with Crippen LogP contribution in [0.5, 0.6) is 11.5 Å². The number of aromatic nitrogens is 1. The van der Waals surface area contributed by atoms with Gasteiger partial charge in [0.1, 0.15) is 5.82 Å². The molecule has 2 aliphatic heterocycles. The molecule has 0 aliphatic carbocycles. The SMILES string of the molecule is CN(C)c1nc2cc3c(cc2cc1CN(C[C@H]1CCCO1)C(=O)Cc1cccs1)OCO3. The standard InChI is InChI=1S/C24H27N3O4S/c1-26(2)24-17(9-16-10-21-22(31-15-30-21)12-20(16)25-24)13-27(14-18-5-3-7-29-18)23(28)11-19-6-4-8-32-19/h4,6,8-10,12,18H,3,5,7,11,13-15H2,1-2H3/t18-/m1/s1. The van der Waals surface area contributed by atoms with Gasteiger partial charge in [0.05, 0.1) is 18.0 Å². The van der Waals surface area contributed by atoms with Gasteiger partial charge < -0.3 is 24.0 Å². The Balaban J connectivity index is 1.47. The Bertz CT molecular complexity index is 1110. The number of carbonyl (C=O) groups excluding carboxylic acids is 1. The van der Waals surface area contributed by atoms with Crippen LogP contribution in [-0.2, 0) is 22.5 Å². The van der Waals surface area contributed by atoms with Gasteiger partial charge in [-0.1, -0.05) is 6.07 Å².